The van der Waals surface area contributed by atoms with Crippen molar-refractivity contribution in [3.05, 3.63) is 35.0 Å². The second-order valence-electron chi connectivity index (χ2n) is 6.62. The van der Waals surface area contributed by atoms with Gasteiger partial charge in [-0.15, -0.1) is 10.2 Å². The predicted molar refractivity (Wildman–Crippen MR) is 103 cm³/mol. The summed E-state index contributed by atoms with van der Waals surface area (Å²) in [6.45, 7) is 6.20. The Bertz CT molecular complexity index is 965. The zero-order valence-electron chi connectivity index (χ0n) is 16.7. The highest BCUT2D eigenvalue weighted by molar-refractivity contribution is 7.99. The normalized spacial score (nSPS) is 11.8. The molecule has 0 saturated carbocycles. The maximum Gasteiger partial charge on any atom is 0.450 e. The fourth-order valence-corrected chi connectivity index (χ4v) is 3.26. The number of nitrogens with zero attached hydrogens (tertiary/aromatic N) is 4. The number of unbranched alkanes of at least 4 members (excludes halogenated alkanes) is 1. The Kier molecular flexibility index (Phi) is 7.01. The van der Waals surface area contributed by atoms with Crippen molar-refractivity contribution >= 4 is 11.8 Å². The Morgan fingerprint density at radius 3 is 2.40 bits per heavy atom. The zero-order chi connectivity index (χ0) is 21.7. The summed E-state index contributed by atoms with van der Waals surface area (Å²) in [6, 6.07) is 3.53. The molecule has 0 spiro atoms. The zero-order valence-corrected chi connectivity index (χ0v) is 17.6. The van der Waals surface area contributed by atoms with Gasteiger partial charge < -0.3 is 13.7 Å². The minimum Gasteiger partial charge on any atom is -0.493 e. The van der Waals surface area contributed by atoms with Crippen LogP contribution in [0.1, 0.15) is 42.7 Å². The minimum absolute atomic E-state index is 0.102. The lowest BCUT2D eigenvalue weighted by atomic mass is 10.1. The molecule has 30 heavy (non-hydrogen) atoms. The van der Waals surface area contributed by atoms with Crippen molar-refractivity contribution in [1.82, 2.24) is 20.3 Å². The van der Waals surface area contributed by atoms with Gasteiger partial charge in [-0.3, -0.25) is 0 Å². The van der Waals surface area contributed by atoms with Crippen LogP contribution >= 0.6 is 11.8 Å². The molecule has 11 heteroatoms. The molecular formula is C19H21F3N4O3S. The molecule has 0 atom stereocenters. The van der Waals surface area contributed by atoms with E-state index >= 15 is 0 Å². The Morgan fingerprint density at radius 1 is 1.07 bits per heavy atom. The molecule has 0 aliphatic carbocycles. The van der Waals surface area contributed by atoms with Gasteiger partial charge in [0.15, 0.2) is 0 Å². The third-order valence-corrected chi connectivity index (χ3v) is 4.74. The third-order valence-electron chi connectivity index (χ3n) is 4.17. The van der Waals surface area contributed by atoms with Gasteiger partial charge in [0, 0.05) is 30.2 Å². The van der Waals surface area contributed by atoms with E-state index in [4.69, 9.17) is 9.15 Å². The number of thioether (sulfide) groups is 1. The monoisotopic (exact) mass is 442 g/mol. The second-order valence-corrected chi connectivity index (χ2v) is 7.64. The molecule has 0 saturated heterocycles. The minimum atomic E-state index is -4.48. The van der Waals surface area contributed by atoms with E-state index in [1.165, 1.54) is 0 Å². The summed E-state index contributed by atoms with van der Waals surface area (Å²) in [5.41, 5.74) is -2.23. The molecule has 2 aromatic heterocycles. The van der Waals surface area contributed by atoms with Crippen LogP contribution in [0.5, 0.6) is 5.75 Å². The molecule has 0 bridgehead atoms. The average molecular weight is 442 g/mol. The van der Waals surface area contributed by atoms with Gasteiger partial charge in [-0.05, 0) is 49.9 Å². The van der Waals surface area contributed by atoms with E-state index in [0.29, 0.717) is 30.4 Å². The maximum absolute atomic E-state index is 12.4. The number of alkyl halides is 3. The molecule has 3 rings (SSSR count). The molecule has 3 aromatic rings. The summed E-state index contributed by atoms with van der Waals surface area (Å²) in [6.07, 6.45) is 3.08. The first-order valence-electron chi connectivity index (χ1n) is 9.40. The molecule has 2 heterocycles. The van der Waals surface area contributed by atoms with E-state index in [1.807, 2.05) is 20.8 Å². The molecule has 0 radical (unpaired) electrons. The highest BCUT2D eigenvalue weighted by Gasteiger charge is 2.33. The van der Waals surface area contributed by atoms with Crippen LogP contribution in [-0.4, -0.2) is 32.5 Å². The molecule has 1 aromatic carbocycles. The smallest absolute Gasteiger partial charge is 0.450 e. The van der Waals surface area contributed by atoms with Crippen LogP contribution in [0.3, 0.4) is 0 Å². The molecule has 0 fully saturated rings. The molecular weight excluding hydrogens is 421 g/mol. The Hall–Kier alpha value is -2.56. The van der Waals surface area contributed by atoms with Crippen molar-refractivity contribution in [2.45, 2.75) is 57.2 Å². The first-order valence-corrected chi connectivity index (χ1v) is 10.2. The standard InChI is InChI=1S/C19H21F3N4O3S/c1-4-14-24-25-15(28-14)7-5-6-8-27-16-11(2)9-13(10-12(16)3)17-23-18(29-26-17)30-19(20,21)22/h9-10H,4-8H2,1-3H3. The Balaban J connectivity index is 1.55. The van der Waals surface area contributed by atoms with Crippen LogP contribution in [0.4, 0.5) is 13.2 Å². The SMILES string of the molecule is CCc1nnc(CCCCOc2c(C)cc(-c3noc(SC(F)(F)F)n3)cc2C)o1. The van der Waals surface area contributed by atoms with Crippen molar-refractivity contribution in [2.24, 2.45) is 0 Å². The summed E-state index contributed by atoms with van der Waals surface area (Å²) in [5.74, 6) is 2.11. The summed E-state index contributed by atoms with van der Waals surface area (Å²) in [5, 5.41) is 11.0. The number of aryl methyl sites for hydroxylation is 4. The summed E-state index contributed by atoms with van der Waals surface area (Å²) < 4.78 is 53.3. The summed E-state index contributed by atoms with van der Waals surface area (Å²) in [4.78, 5) is 3.81. The first-order chi connectivity index (χ1) is 14.2. The Labute approximate surface area is 175 Å². The lowest BCUT2D eigenvalue weighted by Gasteiger charge is -2.13. The number of aromatic nitrogens is 4. The van der Waals surface area contributed by atoms with Crippen LogP contribution in [0.15, 0.2) is 26.3 Å². The summed E-state index contributed by atoms with van der Waals surface area (Å²) >= 11 is -0.436. The fourth-order valence-electron chi connectivity index (χ4n) is 2.86. The molecule has 0 aliphatic rings. The van der Waals surface area contributed by atoms with E-state index in [2.05, 4.69) is 24.9 Å². The lowest BCUT2D eigenvalue weighted by molar-refractivity contribution is -0.0339. The van der Waals surface area contributed by atoms with Gasteiger partial charge in [0.2, 0.25) is 17.6 Å². The number of benzene rings is 1. The van der Waals surface area contributed by atoms with Crippen LogP contribution in [0.25, 0.3) is 11.4 Å². The van der Waals surface area contributed by atoms with Crippen LogP contribution in [0, 0.1) is 13.8 Å². The van der Waals surface area contributed by atoms with Crippen molar-refractivity contribution < 1.29 is 26.8 Å². The first kappa shape index (κ1) is 22.1. The molecule has 0 amide bonds. The van der Waals surface area contributed by atoms with E-state index in [-0.39, 0.29) is 5.82 Å². The van der Waals surface area contributed by atoms with E-state index < -0.39 is 22.5 Å². The van der Waals surface area contributed by atoms with Crippen molar-refractivity contribution in [3.8, 4) is 17.1 Å². The molecule has 0 unspecified atom stereocenters. The lowest BCUT2D eigenvalue weighted by Crippen LogP contribution is -2.02. The van der Waals surface area contributed by atoms with Gasteiger partial charge in [0.1, 0.15) is 5.75 Å². The number of ether oxygens (including phenoxy) is 1. The van der Waals surface area contributed by atoms with E-state index in [1.54, 1.807) is 12.1 Å². The van der Waals surface area contributed by atoms with E-state index in [0.717, 1.165) is 36.1 Å². The van der Waals surface area contributed by atoms with Crippen molar-refractivity contribution in [2.75, 3.05) is 6.61 Å². The molecule has 7 nitrogen and oxygen atoms in total. The molecule has 0 aliphatic heterocycles. The van der Waals surface area contributed by atoms with Gasteiger partial charge in [-0.25, -0.2) is 0 Å². The molecule has 0 N–H and O–H groups in total. The number of halogens is 3. The van der Waals surface area contributed by atoms with Gasteiger partial charge in [-0.1, -0.05) is 12.1 Å². The second kappa shape index (κ2) is 9.50. The fraction of sp³-hybridized carbons (Fsp3) is 0.474. The van der Waals surface area contributed by atoms with E-state index in [9.17, 15) is 13.2 Å². The third kappa shape index (κ3) is 5.97. The largest absolute Gasteiger partial charge is 0.493 e. The van der Waals surface area contributed by atoms with Crippen molar-refractivity contribution in [1.29, 1.82) is 0 Å². The van der Waals surface area contributed by atoms with Gasteiger partial charge in [0.05, 0.1) is 6.61 Å². The van der Waals surface area contributed by atoms with Crippen LogP contribution < -0.4 is 4.74 Å². The number of rotatable bonds is 9. The molecule has 162 valence electrons. The van der Waals surface area contributed by atoms with Gasteiger partial charge in [0.25, 0.3) is 5.22 Å². The van der Waals surface area contributed by atoms with Gasteiger partial charge in [-0.2, -0.15) is 18.2 Å². The topological polar surface area (TPSA) is 87.1 Å². The predicted octanol–water partition coefficient (Wildman–Crippen LogP) is 5.31. The highest BCUT2D eigenvalue weighted by atomic mass is 32.2. The Morgan fingerprint density at radius 2 is 1.77 bits per heavy atom. The highest BCUT2D eigenvalue weighted by Crippen LogP contribution is 2.37. The van der Waals surface area contributed by atoms with Gasteiger partial charge >= 0.3 is 5.51 Å². The van der Waals surface area contributed by atoms with Crippen molar-refractivity contribution in [3.63, 3.8) is 0 Å². The quantitative estimate of drug-likeness (QED) is 0.325. The van der Waals surface area contributed by atoms with Crippen LogP contribution in [0.2, 0.25) is 0 Å². The number of hydrogen-bond donors (Lipinski definition) is 0. The summed E-state index contributed by atoms with van der Waals surface area (Å²) in [7, 11) is 0. The number of hydrogen-bond acceptors (Lipinski definition) is 8. The maximum atomic E-state index is 12.4. The van der Waals surface area contributed by atoms with Crippen LogP contribution in [-0.2, 0) is 12.8 Å². The average Bonchev–Trinajstić information content (AvgIpc) is 3.31.